The van der Waals surface area contributed by atoms with Gasteiger partial charge in [0.2, 0.25) is 11.8 Å². The zero-order valence-corrected chi connectivity index (χ0v) is 21.9. The van der Waals surface area contributed by atoms with Crippen molar-refractivity contribution in [3.63, 3.8) is 0 Å². The van der Waals surface area contributed by atoms with E-state index >= 15 is 0 Å². The average Bonchev–Trinajstić information content (AvgIpc) is 3.62. The summed E-state index contributed by atoms with van der Waals surface area (Å²) < 4.78 is 5.19. The molecule has 1 heterocycles. The van der Waals surface area contributed by atoms with Crippen molar-refractivity contribution in [1.82, 2.24) is 0 Å². The second-order valence-electron chi connectivity index (χ2n) is 10.9. The van der Waals surface area contributed by atoms with Crippen molar-refractivity contribution in [1.29, 1.82) is 0 Å². The van der Waals surface area contributed by atoms with Gasteiger partial charge in [-0.1, -0.05) is 42.5 Å². The summed E-state index contributed by atoms with van der Waals surface area (Å²) in [6, 6.07) is 22.1. The highest BCUT2D eigenvalue weighted by molar-refractivity contribution is 6.22. The van der Waals surface area contributed by atoms with Gasteiger partial charge in [-0.2, -0.15) is 0 Å². The van der Waals surface area contributed by atoms with Crippen LogP contribution in [0.1, 0.15) is 45.8 Å². The number of carbonyl (C=O) groups excluding carboxylic acids is 4. The Kier molecular flexibility index (Phi) is 6.29. The molecule has 2 saturated carbocycles. The van der Waals surface area contributed by atoms with E-state index in [1.54, 1.807) is 18.2 Å². The van der Waals surface area contributed by atoms with Crippen LogP contribution >= 0.6 is 0 Å². The number of nitrogens with zero attached hydrogens (tertiary/aromatic N) is 1. The number of imide groups is 1. The highest BCUT2D eigenvalue weighted by Crippen LogP contribution is 2.61. The van der Waals surface area contributed by atoms with E-state index in [-0.39, 0.29) is 41.0 Å². The molecule has 0 unspecified atom stereocenters. The fourth-order valence-corrected chi connectivity index (χ4v) is 6.83. The topological polar surface area (TPSA) is 92.8 Å². The normalized spacial score (nSPS) is 25.1. The highest BCUT2D eigenvalue weighted by atomic mass is 16.5. The molecule has 6 rings (SSSR count). The van der Waals surface area contributed by atoms with E-state index < -0.39 is 18.5 Å². The third-order valence-electron chi connectivity index (χ3n) is 8.82. The largest absolute Gasteiger partial charge is 0.452 e. The molecule has 39 heavy (non-hydrogen) atoms. The van der Waals surface area contributed by atoms with Gasteiger partial charge in [0.25, 0.3) is 5.91 Å². The summed E-state index contributed by atoms with van der Waals surface area (Å²) in [6.45, 7) is 3.44. The number of anilines is 2. The molecule has 7 nitrogen and oxygen atoms in total. The fraction of sp³-hybridized carbons (Fsp3) is 0.312. The molecule has 0 aromatic heterocycles. The second-order valence-corrected chi connectivity index (χ2v) is 10.9. The SMILES string of the molecule is Cc1cccc(NC(=O)COC(=O)c2ccc(N3C(=O)[C@@H]4[C@@H]5C[C@@H]([C@H]4C3=O)[C@H](c3ccccc3)C5)cc2)c1C. The van der Waals surface area contributed by atoms with Gasteiger partial charge in [0, 0.05) is 5.69 Å². The number of benzene rings is 3. The number of hydrogen-bond donors (Lipinski definition) is 1. The lowest BCUT2D eigenvalue weighted by Crippen LogP contribution is -2.33. The number of nitrogens with one attached hydrogen (secondary N) is 1. The van der Waals surface area contributed by atoms with Gasteiger partial charge in [-0.05, 0) is 91.5 Å². The maximum absolute atomic E-state index is 13.5. The maximum atomic E-state index is 13.5. The van der Waals surface area contributed by atoms with E-state index in [4.69, 9.17) is 4.74 Å². The quantitative estimate of drug-likeness (QED) is 0.362. The summed E-state index contributed by atoms with van der Waals surface area (Å²) in [7, 11) is 0. The van der Waals surface area contributed by atoms with E-state index in [1.807, 2.05) is 44.2 Å². The van der Waals surface area contributed by atoms with E-state index in [0.717, 1.165) is 24.0 Å². The molecule has 198 valence electrons. The molecule has 1 aliphatic heterocycles. The molecule has 2 aliphatic carbocycles. The van der Waals surface area contributed by atoms with Crippen LogP contribution in [0.3, 0.4) is 0 Å². The Bertz CT molecular complexity index is 1470. The molecular formula is C32H30N2O5. The monoisotopic (exact) mass is 522 g/mol. The van der Waals surface area contributed by atoms with Gasteiger partial charge in [0.15, 0.2) is 6.61 Å². The average molecular weight is 523 g/mol. The first-order valence-corrected chi connectivity index (χ1v) is 13.4. The number of hydrogen-bond acceptors (Lipinski definition) is 5. The van der Waals surface area contributed by atoms with Crippen LogP contribution in [0.4, 0.5) is 11.4 Å². The number of rotatable bonds is 6. The van der Waals surface area contributed by atoms with Crippen molar-refractivity contribution in [3.05, 3.63) is 95.1 Å². The first-order valence-electron chi connectivity index (χ1n) is 13.4. The zero-order valence-electron chi connectivity index (χ0n) is 21.9. The van der Waals surface area contributed by atoms with Crippen LogP contribution in [-0.4, -0.2) is 30.3 Å². The molecule has 2 bridgehead atoms. The Labute approximate surface area is 227 Å². The van der Waals surface area contributed by atoms with Crippen molar-refractivity contribution >= 4 is 35.1 Å². The molecule has 0 radical (unpaired) electrons. The molecule has 0 spiro atoms. The lowest BCUT2D eigenvalue weighted by atomic mass is 9.73. The lowest BCUT2D eigenvalue weighted by Gasteiger charge is -2.28. The minimum Gasteiger partial charge on any atom is -0.452 e. The number of aryl methyl sites for hydroxylation is 1. The Morgan fingerprint density at radius 1 is 0.872 bits per heavy atom. The lowest BCUT2D eigenvalue weighted by molar-refractivity contribution is -0.123. The van der Waals surface area contributed by atoms with E-state index in [1.165, 1.54) is 22.6 Å². The molecule has 3 aliphatic rings. The summed E-state index contributed by atoms with van der Waals surface area (Å²) >= 11 is 0. The van der Waals surface area contributed by atoms with E-state index in [2.05, 4.69) is 17.4 Å². The summed E-state index contributed by atoms with van der Waals surface area (Å²) in [5, 5.41) is 2.76. The van der Waals surface area contributed by atoms with Crippen molar-refractivity contribution < 1.29 is 23.9 Å². The van der Waals surface area contributed by atoms with Crippen molar-refractivity contribution in [2.75, 3.05) is 16.8 Å². The maximum Gasteiger partial charge on any atom is 0.338 e. The summed E-state index contributed by atoms with van der Waals surface area (Å²) in [5.41, 5.74) is 4.61. The molecule has 3 amide bonds. The van der Waals surface area contributed by atoms with Crippen molar-refractivity contribution in [2.24, 2.45) is 23.7 Å². The minimum atomic E-state index is -0.655. The molecular weight excluding hydrogens is 492 g/mol. The van der Waals surface area contributed by atoms with Crippen LogP contribution in [0.15, 0.2) is 72.8 Å². The van der Waals surface area contributed by atoms with E-state index in [0.29, 0.717) is 17.3 Å². The molecule has 7 heteroatoms. The Balaban J connectivity index is 1.10. The molecule has 3 aromatic rings. The Morgan fingerprint density at radius 3 is 2.33 bits per heavy atom. The number of carbonyl (C=O) groups is 4. The van der Waals surface area contributed by atoms with Crippen molar-refractivity contribution in [2.45, 2.75) is 32.6 Å². The molecule has 5 atom stereocenters. The molecule has 3 fully saturated rings. The fourth-order valence-electron chi connectivity index (χ4n) is 6.83. The smallest absolute Gasteiger partial charge is 0.338 e. The first-order chi connectivity index (χ1) is 18.8. The molecule has 1 N–H and O–H groups in total. The summed E-state index contributed by atoms with van der Waals surface area (Å²) in [4.78, 5) is 53.1. The first kappa shape index (κ1) is 25.0. The molecule has 3 aromatic carbocycles. The van der Waals surface area contributed by atoms with Gasteiger partial charge in [0.1, 0.15) is 0 Å². The third kappa shape index (κ3) is 4.32. The van der Waals surface area contributed by atoms with E-state index in [9.17, 15) is 19.2 Å². The number of ether oxygens (including phenoxy) is 1. The van der Waals surface area contributed by atoms with Gasteiger partial charge < -0.3 is 10.1 Å². The van der Waals surface area contributed by atoms with Crippen LogP contribution in [0.2, 0.25) is 0 Å². The molecule has 1 saturated heterocycles. The summed E-state index contributed by atoms with van der Waals surface area (Å²) in [5.74, 6) is -1.22. The Morgan fingerprint density at radius 2 is 1.59 bits per heavy atom. The van der Waals surface area contributed by atoms with Gasteiger partial charge in [-0.15, -0.1) is 0 Å². The van der Waals surface area contributed by atoms with Gasteiger partial charge >= 0.3 is 5.97 Å². The number of esters is 1. The summed E-state index contributed by atoms with van der Waals surface area (Å²) in [6.07, 6.45) is 1.85. The predicted octanol–water partition coefficient (Wildman–Crippen LogP) is 5.03. The van der Waals surface area contributed by atoms with Gasteiger partial charge in [-0.25, -0.2) is 4.79 Å². The van der Waals surface area contributed by atoms with Crippen LogP contribution in [0.25, 0.3) is 0 Å². The third-order valence-corrected chi connectivity index (χ3v) is 8.82. The minimum absolute atomic E-state index is 0.137. The van der Waals surface area contributed by atoms with Crippen LogP contribution < -0.4 is 10.2 Å². The zero-order chi connectivity index (χ0) is 27.3. The predicted molar refractivity (Wildman–Crippen MR) is 146 cm³/mol. The second kappa shape index (κ2) is 9.80. The number of amides is 3. The standard InChI is InChI=1S/C32H30N2O5/c1-18-7-6-10-26(19(18)2)33-27(35)17-39-32(38)21-11-13-23(14-12-21)34-30(36)28-22-15-24(20-8-4-3-5-9-20)25(16-22)29(28)31(34)37/h3-14,22,24-25,28-29H,15-17H2,1-2H3,(H,33,35)/t22-,24-,25+,28+,29+/m0/s1. The Hall–Kier alpha value is -4.26. The van der Waals surface area contributed by atoms with Gasteiger partial charge in [-0.3, -0.25) is 19.3 Å². The highest BCUT2D eigenvalue weighted by Gasteiger charge is 2.64. The van der Waals surface area contributed by atoms with Crippen LogP contribution in [0, 0.1) is 37.5 Å². The van der Waals surface area contributed by atoms with Crippen LogP contribution in [0.5, 0.6) is 0 Å². The van der Waals surface area contributed by atoms with Crippen LogP contribution in [-0.2, 0) is 19.1 Å². The van der Waals surface area contributed by atoms with Crippen molar-refractivity contribution in [3.8, 4) is 0 Å². The van der Waals surface area contributed by atoms with Gasteiger partial charge in [0.05, 0.1) is 23.1 Å². The number of fused-ring (bicyclic) bond motifs is 5.